The third kappa shape index (κ3) is 1.88. The molecule has 16 heavy (non-hydrogen) atoms. The van der Waals surface area contributed by atoms with Crippen LogP contribution in [-0.4, -0.2) is 13.6 Å². The zero-order valence-electron chi connectivity index (χ0n) is 10.4. The quantitative estimate of drug-likeness (QED) is 0.496. The van der Waals surface area contributed by atoms with Crippen molar-refractivity contribution in [2.24, 2.45) is 5.41 Å². The van der Waals surface area contributed by atoms with Crippen LogP contribution in [0.2, 0.25) is 5.31 Å². The van der Waals surface area contributed by atoms with Crippen molar-refractivity contribution in [1.29, 1.82) is 0 Å². The topological polar surface area (TPSA) is 12.0 Å². The zero-order chi connectivity index (χ0) is 12.0. The van der Waals surface area contributed by atoms with Crippen LogP contribution in [0.3, 0.4) is 0 Å². The Morgan fingerprint density at radius 3 is 2.81 bits per heavy atom. The summed E-state index contributed by atoms with van der Waals surface area (Å²) in [4.78, 5) is 0. The van der Waals surface area contributed by atoms with Crippen molar-refractivity contribution in [3.05, 3.63) is 23.4 Å². The normalized spacial score (nSPS) is 31.1. The van der Waals surface area contributed by atoms with Gasteiger partial charge in [0.1, 0.15) is 0 Å². The van der Waals surface area contributed by atoms with E-state index in [-0.39, 0.29) is 10.7 Å². The summed E-state index contributed by atoms with van der Waals surface area (Å²) in [6, 6.07) is 0. The van der Waals surface area contributed by atoms with E-state index in [1.807, 2.05) is 0 Å². The van der Waals surface area contributed by atoms with Gasteiger partial charge in [0.2, 0.25) is 0 Å². The van der Waals surface area contributed by atoms with Gasteiger partial charge in [-0.3, -0.25) is 0 Å². The van der Waals surface area contributed by atoms with Gasteiger partial charge in [-0.2, -0.15) is 0 Å². The first-order valence-electron chi connectivity index (χ1n) is 5.83. The smallest absolute Gasteiger partial charge is 0.0758 e. The molecular weight excluding hydrogens is 212 g/mol. The first kappa shape index (κ1) is 12.0. The summed E-state index contributed by atoms with van der Waals surface area (Å²) in [5, 5.41) is 3.20. The molecular formula is C13H19BNP. The fourth-order valence-corrected chi connectivity index (χ4v) is 3.17. The Bertz CT molecular complexity index is 389. The van der Waals surface area contributed by atoms with Crippen molar-refractivity contribution in [3.63, 3.8) is 0 Å². The number of hydrogen-bond acceptors (Lipinski definition) is 1. The highest BCUT2D eigenvalue weighted by Crippen LogP contribution is 2.55. The van der Waals surface area contributed by atoms with E-state index in [9.17, 15) is 0 Å². The lowest BCUT2D eigenvalue weighted by Gasteiger charge is -2.47. The molecule has 1 unspecified atom stereocenters. The molecule has 0 spiro atoms. The molecule has 0 saturated heterocycles. The molecule has 0 aromatic carbocycles. The Morgan fingerprint density at radius 2 is 2.19 bits per heavy atom. The Hall–Kier alpha value is -0.485. The monoisotopic (exact) mass is 231 g/mol. The summed E-state index contributed by atoms with van der Waals surface area (Å²) in [6.07, 6.45) is 3.10. The van der Waals surface area contributed by atoms with Gasteiger partial charge in [0.15, 0.2) is 0 Å². The Labute approximate surface area is 102 Å². The number of rotatable bonds is 0. The van der Waals surface area contributed by atoms with Gasteiger partial charge in [-0.25, -0.2) is 0 Å². The average molecular weight is 231 g/mol. The average Bonchev–Trinajstić information content (AvgIpc) is 2.16. The van der Waals surface area contributed by atoms with Crippen LogP contribution in [0.25, 0.3) is 0 Å². The molecule has 1 atom stereocenters. The molecule has 0 fully saturated rings. The summed E-state index contributed by atoms with van der Waals surface area (Å²) >= 11 is 0. The molecule has 2 radical (unpaired) electrons. The summed E-state index contributed by atoms with van der Waals surface area (Å²) < 4.78 is 0. The van der Waals surface area contributed by atoms with E-state index in [1.165, 1.54) is 11.1 Å². The fourth-order valence-electron chi connectivity index (χ4n) is 2.41. The minimum absolute atomic E-state index is 0.0739. The van der Waals surface area contributed by atoms with Crippen molar-refractivity contribution >= 4 is 22.0 Å². The lowest BCUT2D eigenvalue weighted by atomic mass is 9.48. The van der Waals surface area contributed by atoms with Crippen LogP contribution < -0.4 is 5.09 Å². The molecule has 3 heteroatoms. The SMILES string of the molecule is [B]C1(C(C)(C)C)CCC2=C(C=PNC2=C)C1. The number of allylic oxidation sites excluding steroid dienone is 2. The van der Waals surface area contributed by atoms with Crippen LogP contribution in [0.5, 0.6) is 0 Å². The maximum absolute atomic E-state index is 6.58. The third-order valence-electron chi connectivity index (χ3n) is 3.99. The van der Waals surface area contributed by atoms with E-state index in [2.05, 4.69) is 38.2 Å². The van der Waals surface area contributed by atoms with Crippen molar-refractivity contribution in [3.8, 4) is 0 Å². The molecule has 84 valence electrons. The third-order valence-corrected chi connectivity index (χ3v) is 4.83. The van der Waals surface area contributed by atoms with Gasteiger partial charge in [0, 0.05) is 14.1 Å². The molecule has 2 aliphatic rings. The van der Waals surface area contributed by atoms with Crippen LogP contribution in [-0.2, 0) is 0 Å². The van der Waals surface area contributed by atoms with Crippen molar-refractivity contribution in [2.45, 2.75) is 45.3 Å². The van der Waals surface area contributed by atoms with Gasteiger partial charge in [-0.1, -0.05) is 39.1 Å². The maximum Gasteiger partial charge on any atom is 0.0758 e. The van der Waals surface area contributed by atoms with Gasteiger partial charge in [0.05, 0.1) is 7.85 Å². The molecule has 0 aromatic heterocycles. The first-order chi connectivity index (χ1) is 7.33. The van der Waals surface area contributed by atoms with E-state index < -0.39 is 0 Å². The molecule has 0 bridgehead atoms. The highest BCUT2D eigenvalue weighted by atomic mass is 31.1. The minimum Gasteiger partial charge on any atom is -0.338 e. The number of hydrogen-bond donors (Lipinski definition) is 1. The lowest BCUT2D eigenvalue weighted by Crippen LogP contribution is -2.33. The van der Waals surface area contributed by atoms with Crippen molar-refractivity contribution < 1.29 is 0 Å². The Balaban J connectivity index is 2.32. The van der Waals surface area contributed by atoms with Gasteiger partial charge >= 0.3 is 0 Å². The standard InChI is InChI=1S/C13H19BNP/c1-9-11-5-6-13(14,12(2,3)4)7-10(11)8-16-15-9/h8,15H,1,5-7H2,2-4H3. The predicted molar refractivity (Wildman–Crippen MR) is 74.0 cm³/mol. The summed E-state index contributed by atoms with van der Waals surface area (Å²) in [7, 11) is 7.72. The van der Waals surface area contributed by atoms with E-state index in [0.717, 1.165) is 33.3 Å². The molecule has 0 aromatic rings. The van der Waals surface area contributed by atoms with Gasteiger partial charge in [-0.05, 0) is 35.2 Å². The maximum atomic E-state index is 6.58. The summed E-state index contributed by atoms with van der Waals surface area (Å²) in [6.45, 7) is 10.8. The highest BCUT2D eigenvalue weighted by Gasteiger charge is 2.40. The molecule has 1 heterocycles. The van der Waals surface area contributed by atoms with Crippen LogP contribution >= 0.6 is 8.35 Å². The molecule has 0 amide bonds. The van der Waals surface area contributed by atoms with E-state index in [4.69, 9.17) is 7.85 Å². The lowest BCUT2D eigenvalue weighted by molar-refractivity contribution is 0.239. The van der Waals surface area contributed by atoms with E-state index >= 15 is 0 Å². The van der Waals surface area contributed by atoms with E-state index in [1.54, 1.807) is 0 Å². The van der Waals surface area contributed by atoms with Gasteiger partial charge in [-0.15, -0.1) is 0 Å². The molecule has 2 rings (SSSR count). The zero-order valence-corrected chi connectivity index (χ0v) is 11.3. The second-order valence-corrected chi connectivity index (χ2v) is 6.68. The Kier molecular flexibility index (Phi) is 2.82. The second-order valence-electron chi connectivity index (χ2n) is 5.94. The minimum atomic E-state index is -0.0739. The van der Waals surface area contributed by atoms with Gasteiger partial charge < -0.3 is 5.09 Å². The van der Waals surface area contributed by atoms with Crippen LogP contribution in [0.15, 0.2) is 23.4 Å². The molecule has 1 nitrogen and oxygen atoms in total. The first-order valence-corrected chi connectivity index (χ1v) is 6.79. The van der Waals surface area contributed by atoms with Crippen LogP contribution in [0, 0.1) is 5.41 Å². The highest BCUT2D eigenvalue weighted by molar-refractivity contribution is 7.37. The van der Waals surface area contributed by atoms with Crippen LogP contribution in [0.4, 0.5) is 0 Å². The van der Waals surface area contributed by atoms with Crippen molar-refractivity contribution in [1.82, 2.24) is 5.09 Å². The van der Waals surface area contributed by atoms with Crippen molar-refractivity contribution in [2.75, 3.05) is 0 Å². The van der Waals surface area contributed by atoms with Gasteiger partial charge in [0.25, 0.3) is 0 Å². The fraction of sp³-hybridized carbons (Fsp3) is 0.615. The summed E-state index contributed by atoms with van der Waals surface area (Å²) in [5.74, 6) is 2.25. The largest absolute Gasteiger partial charge is 0.338 e. The second kappa shape index (κ2) is 3.77. The summed E-state index contributed by atoms with van der Waals surface area (Å²) in [5.41, 5.74) is 4.05. The molecule has 1 N–H and O–H groups in total. The molecule has 0 saturated carbocycles. The van der Waals surface area contributed by atoms with Crippen LogP contribution in [0.1, 0.15) is 40.0 Å². The molecule has 1 aliphatic heterocycles. The molecule has 1 aliphatic carbocycles. The Morgan fingerprint density at radius 1 is 1.50 bits per heavy atom. The predicted octanol–water partition coefficient (Wildman–Crippen LogP) is 3.62. The van der Waals surface area contributed by atoms with E-state index in [0.29, 0.717) is 0 Å². The number of nitrogens with one attached hydrogen (secondary N) is 1.